The van der Waals surface area contributed by atoms with Crippen molar-refractivity contribution >= 4 is 29.5 Å². The molecule has 0 saturated carbocycles. The summed E-state index contributed by atoms with van der Waals surface area (Å²) in [5, 5.41) is -0.248. The minimum Gasteiger partial charge on any atom is -0.469 e. The molecule has 0 aliphatic rings. The van der Waals surface area contributed by atoms with E-state index in [2.05, 4.69) is 16.4 Å². The lowest BCUT2D eigenvalue weighted by Crippen LogP contribution is -2.22. The van der Waals surface area contributed by atoms with Gasteiger partial charge in [-0.15, -0.1) is 0 Å². The number of methoxy groups -OCH3 is 2. The summed E-state index contributed by atoms with van der Waals surface area (Å²) < 4.78 is 9.25. The molecule has 0 saturated heterocycles. The summed E-state index contributed by atoms with van der Waals surface area (Å²) in [5.41, 5.74) is 0. The van der Waals surface area contributed by atoms with Crippen LogP contribution in [0.5, 0.6) is 0 Å². The predicted octanol–water partition coefficient (Wildman–Crippen LogP) is 5.87. The maximum absolute atomic E-state index is 12.4. The first-order valence-corrected chi connectivity index (χ1v) is 12.4. The molecular formula is C23H42O5S. The van der Waals surface area contributed by atoms with Gasteiger partial charge >= 0.3 is 11.9 Å². The molecule has 1 unspecified atom stereocenters. The summed E-state index contributed by atoms with van der Waals surface area (Å²) in [6.45, 7) is 2.25. The fourth-order valence-electron chi connectivity index (χ4n) is 3.22. The molecule has 0 N–H and O–H groups in total. The number of unbranched alkanes of at least 4 members (excludes halogenated alkanes) is 11. The van der Waals surface area contributed by atoms with E-state index in [0.717, 1.165) is 19.3 Å². The van der Waals surface area contributed by atoms with Crippen molar-refractivity contribution in [2.24, 2.45) is 0 Å². The Morgan fingerprint density at radius 1 is 0.724 bits per heavy atom. The van der Waals surface area contributed by atoms with E-state index in [1.807, 2.05) is 0 Å². The molecular weight excluding hydrogens is 388 g/mol. The second-order valence-electron chi connectivity index (χ2n) is 7.58. The van der Waals surface area contributed by atoms with E-state index < -0.39 is 5.97 Å². The van der Waals surface area contributed by atoms with Gasteiger partial charge in [-0.2, -0.15) is 11.8 Å². The Bertz CT molecular complexity index is 439. The van der Waals surface area contributed by atoms with Crippen molar-refractivity contribution in [1.82, 2.24) is 0 Å². The Kier molecular flexibility index (Phi) is 19.5. The van der Waals surface area contributed by atoms with Crippen LogP contribution in [-0.2, 0) is 23.9 Å². The standard InChI is InChI=1S/C23H42O5S/c1-4-5-6-7-8-9-10-11-12-13-14-15-16-21(20(24)19-23(26)28-3)29-18-17-22(25)27-2/h21H,4-19H2,1-3H3. The number of hydrogen-bond acceptors (Lipinski definition) is 6. The Morgan fingerprint density at radius 2 is 1.21 bits per heavy atom. The minimum atomic E-state index is -0.497. The van der Waals surface area contributed by atoms with Crippen LogP contribution in [0.3, 0.4) is 0 Å². The van der Waals surface area contributed by atoms with Crippen LogP contribution in [-0.4, -0.2) is 42.9 Å². The molecule has 0 aliphatic carbocycles. The Balaban J connectivity index is 3.93. The van der Waals surface area contributed by atoms with Crippen molar-refractivity contribution in [3.05, 3.63) is 0 Å². The minimum absolute atomic E-state index is 0.102. The molecule has 0 rings (SSSR count). The van der Waals surface area contributed by atoms with Crippen molar-refractivity contribution in [2.45, 2.75) is 108 Å². The number of Topliss-reactive ketones (excluding diaryl/α,β-unsaturated/α-hetero) is 1. The average Bonchev–Trinajstić information content (AvgIpc) is 2.72. The zero-order valence-corrected chi connectivity index (χ0v) is 19.7. The summed E-state index contributed by atoms with van der Waals surface area (Å²) in [4.78, 5) is 35.0. The molecule has 170 valence electrons. The van der Waals surface area contributed by atoms with Crippen molar-refractivity contribution in [1.29, 1.82) is 0 Å². The second kappa shape index (κ2) is 20.2. The number of rotatable bonds is 20. The van der Waals surface area contributed by atoms with E-state index in [1.165, 1.54) is 90.2 Å². The second-order valence-corrected chi connectivity index (χ2v) is 8.89. The van der Waals surface area contributed by atoms with Gasteiger partial charge in [0.15, 0.2) is 5.78 Å². The first kappa shape index (κ1) is 28.0. The van der Waals surface area contributed by atoms with Crippen molar-refractivity contribution in [3.63, 3.8) is 0 Å². The zero-order chi connectivity index (χ0) is 21.7. The van der Waals surface area contributed by atoms with E-state index in [0.29, 0.717) is 5.75 Å². The SMILES string of the molecule is CCCCCCCCCCCCCCC(SCCC(=O)OC)C(=O)CC(=O)OC. The molecule has 6 heteroatoms. The summed E-state index contributed by atoms with van der Waals surface area (Å²) in [5.74, 6) is -0.345. The van der Waals surface area contributed by atoms with Crippen LogP contribution < -0.4 is 0 Å². The number of carbonyl (C=O) groups is 3. The summed E-state index contributed by atoms with van der Waals surface area (Å²) in [6, 6.07) is 0. The first-order valence-electron chi connectivity index (χ1n) is 11.3. The highest BCUT2D eigenvalue weighted by Gasteiger charge is 2.22. The van der Waals surface area contributed by atoms with Gasteiger partial charge in [0.2, 0.25) is 0 Å². The Labute approximate surface area is 182 Å². The van der Waals surface area contributed by atoms with Gasteiger partial charge in [-0.25, -0.2) is 0 Å². The van der Waals surface area contributed by atoms with Crippen LogP contribution in [0, 0.1) is 0 Å². The Morgan fingerprint density at radius 3 is 1.69 bits per heavy atom. The van der Waals surface area contributed by atoms with Crippen LogP contribution in [0.25, 0.3) is 0 Å². The van der Waals surface area contributed by atoms with Crippen LogP contribution in [0.4, 0.5) is 0 Å². The van der Waals surface area contributed by atoms with Gasteiger partial charge in [-0.05, 0) is 6.42 Å². The lowest BCUT2D eigenvalue weighted by Gasteiger charge is -2.15. The third kappa shape index (κ3) is 17.5. The molecule has 0 spiro atoms. The third-order valence-electron chi connectivity index (χ3n) is 5.08. The quantitative estimate of drug-likeness (QED) is 0.137. The van der Waals surface area contributed by atoms with Gasteiger partial charge in [0.05, 0.1) is 25.9 Å². The summed E-state index contributed by atoms with van der Waals surface area (Å²) >= 11 is 1.45. The number of thioether (sulfide) groups is 1. The molecule has 1 atom stereocenters. The molecule has 0 radical (unpaired) electrons. The molecule has 5 nitrogen and oxygen atoms in total. The van der Waals surface area contributed by atoms with E-state index in [1.54, 1.807) is 0 Å². The normalized spacial score (nSPS) is 11.8. The monoisotopic (exact) mass is 430 g/mol. The van der Waals surface area contributed by atoms with Crippen molar-refractivity contribution in [3.8, 4) is 0 Å². The number of carbonyl (C=O) groups excluding carboxylic acids is 3. The molecule has 0 bridgehead atoms. The molecule has 0 heterocycles. The number of esters is 2. The van der Waals surface area contributed by atoms with Crippen LogP contribution in [0.15, 0.2) is 0 Å². The maximum Gasteiger partial charge on any atom is 0.313 e. The fourth-order valence-corrected chi connectivity index (χ4v) is 4.39. The van der Waals surface area contributed by atoms with E-state index in [-0.39, 0.29) is 29.8 Å². The predicted molar refractivity (Wildman–Crippen MR) is 120 cm³/mol. The van der Waals surface area contributed by atoms with Gasteiger partial charge in [0.1, 0.15) is 6.42 Å². The van der Waals surface area contributed by atoms with Gasteiger partial charge in [0.25, 0.3) is 0 Å². The number of ketones is 1. The van der Waals surface area contributed by atoms with Gasteiger partial charge in [-0.1, -0.05) is 84.0 Å². The lowest BCUT2D eigenvalue weighted by atomic mass is 10.0. The third-order valence-corrected chi connectivity index (χ3v) is 6.42. The summed E-state index contributed by atoms with van der Waals surface area (Å²) in [7, 11) is 2.65. The number of hydrogen-bond donors (Lipinski definition) is 0. The van der Waals surface area contributed by atoms with Crippen LogP contribution in [0.1, 0.15) is 103 Å². The number of ether oxygens (including phenoxy) is 2. The topological polar surface area (TPSA) is 69.7 Å². The first-order chi connectivity index (χ1) is 14.0. The van der Waals surface area contributed by atoms with Gasteiger partial charge < -0.3 is 9.47 Å². The summed E-state index contributed by atoms with van der Waals surface area (Å²) in [6.07, 6.45) is 16.1. The van der Waals surface area contributed by atoms with E-state index >= 15 is 0 Å². The van der Waals surface area contributed by atoms with Crippen molar-refractivity contribution < 1.29 is 23.9 Å². The lowest BCUT2D eigenvalue weighted by molar-refractivity contribution is -0.143. The molecule has 0 aromatic carbocycles. The average molecular weight is 431 g/mol. The molecule has 0 aromatic heterocycles. The van der Waals surface area contributed by atoms with Crippen molar-refractivity contribution in [2.75, 3.05) is 20.0 Å². The molecule has 0 amide bonds. The van der Waals surface area contributed by atoms with E-state index in [4.69, 9.17) is 0 Å². The molecule has 29 heavy (non-hydrogen) atoms. The van der Waals surface area contributed by atoms with Gasteiger partial charge in [0, 0.05) is 5.75 Å². The molecule has 0 aliphatic heterocycles. The van der Waals surface area contributed by atoms with Crippen LogP contribution in [0.2, 0.25) is 0 Å². The highest BCUT2D eigenvalue weighted by atomic mass is 32.2. The molecule has 0 fully saturated rings. The smallest absolute Gasteiger partial charge is 0.313 e. The van der Waals surface area contributed by atoms with E-state index in [9.17, 15) is 14.4 Å². The van der Waals surface area contributed by atoms with Gasteiger partial charge in [-0.3, -0.25) is 14.4 Å². The van der Waals surface area contributed by atoms with Crippen LogP contribution >= 0.6 is 11.8 Å². The fraction of sp³-hybridized carbons (Fsp3) is 0.870. The largest absolute Gasteiger partial charge is 0.469 e. The highest BCUT2D eigenvalue weighted by molar-refractivity contribution is 8.00. The molecule has 0 aromatic rings. The zero-order valence-electron chi connectivity index (χ0n) is 18.8. The maximum atomic E-state index is 12.4. The Hall–Kier alpha value is -1.04. The highest BCUT2D eigenvalue weighted by Crippen LogP contribution is 2.22.